The summed E-state index contributed by atoms with van der Waals surface area (Å²) in [6.07, 6.45) is 5.30. The molecule has 106 valence electrons. The van der Waals surface area contributed by atoms with Crippen molar-refractivity contribution >= 4 is 22.4 Å². The van der Waals surface area contributed by atoms with E-state index in [1.54, 1.807) is 11.3 Å². The van der Waals surface area contributed by atoms with Gasteiger partial charge >= 0.3 is 5.97 Å². The molecule has 0 saturated heterocycles. The van der Waals surface area contributed by atoms with Crippen LogP contribution in [0.2, 0.25) is 0 Å². The quantitative estimate of drug-likeness (QED) is 0.861. The van der Waals surface area contributed by atoms with Crippen molar-refractivity contribution in [1.29, 1.82) is 0 Å². The van der Waals surface area contributed by atoms with Crippen molar-refractivity contribution in [2.45, 2.75) is 52.0 Å². The van der Waals surface area contributed by atoms with Gasteiger partial charge in [0.2, 0.25) is 0 Å². The zero-order chi connectivity index (χ0) is 13.9. The molecule has 2 rings (SSSR count). The Bertz CT molecular complexity index is 442. The summed E-state index contributed by atoms with van der Waals surface area (Å²) < 4.78 is 4.65. The summed E-state index contributed by atoms with van der Waals surface area (Å²) in [7, 11) is 1.40. The van der Waals surface area contributed by atoms with Crippen LogP contribution in [0.25, 0.3) is 0 Å². The molecule has 0 aliphatic heterocycles. The first-order valence-corrected chi connectivity index (χ1v) is 7.67. The summed E-state index contributed by atoms with van der Waals surface area (Å²) in [5, 5.41) is 6.38. The van der Waals surface area contributed by atoms with Gasteiger partial charge in [-0.25, -0.2) is 4.98 Å². The normalized spacial score (nSPS) is 21.9. The lowest BCUT2D eigenvalue weighted by Gasteiger charge is -2.38. The third-order valence-corrected chi connectivity index (χ3v) is 4.73. The van der Waals surface area contributed by atoms with Gasteiger partial charge in [0.15, 0.2) is 5.13 Å². The van der Waals surface area contributed by atoms with Gasteiger partial charge in [-0.1, -0.05) is 26.7 Å². The lowest BCUT2D eigenvalue weighted by molar-refractivity contribution is -0.139. The summed E-state index contributed by atoms with van der Waals surface area (Å²) in [5.41, 5.74) is 1.10. The second-order valence-electron chi connectivity index (χ2n) is 5.83. The number of carbonyl (C=O) groups excluding carboxylic acids is 1. The number of nitrogens with zero attached hydrogens (tertiary/aromatic N) is 1. The average molecular weight is 282 g/mol. The zero-order valence-corrected chi connectivity index (χ0v) is 12.7. The van der Waals surface area contributed by atoms with Crippen molar-refractivity contribution in [2.24, 2.45) is 5.41 Å². The molecule has 4 nitrogen and oxygen atoms in total. The minimum absolute atomic E-state index is 0.241. The van der Waals surface area contributed by atoms with Crippen molar-refractivity contribution < 1.29 is 9.53 Å². The number of methoxy groups -OCH3 is 1. The molecule has 0 amide bonds. The molecular weight excluding hydrogens is 260 g/mol. The number of esters is 1. The van der Waals surface area contributed by atoms with Crippen LogP contribution >= 0.6 is 11.3 Å². The van der Waals surface area contributed by atoms with Crippen LogP contribution in [-0.4, -0.2) is 24.1 Å². The first-order chi connectivity index (χ1) is 9.01. The van der Waals surface area contributed by atoms with Gasteiger partial charge in [0.05, 0.1) is 19.2 Å². The highest BCUT2D eigenvalue weighted by atomic mass is 32.1. The Kier molecular flexibility index (Phi) is 4.45. The highest BCUT2D eigenvalue weighted by Gasteiger charge is 2.32. The Hall–Kier alpha value is -1.10. The fraction of sp³-hybridized carbons (Fsp3) is 0.714. The number of aromatic nitrogens is 1. The SMILES string of the molecule is COC(=O)Cc1csc(NC2CCCCC2(C)C)n1. The van der Waals surface area contributed by atoms with E-state index >= 15 is 0 Å². The van der Waals surface area contributed by atoms with E-state index in [1.165, 1.54) is 32.8 Å². The number of rotatable bonds is 4. The summed E-state index contributed by atoms with van der Waals surface area (Å²) in [4.78, 5) is 15.7. The predicted molar refractivity (Wildman–Crippen MR) is 77.5 cm³/mol. The molecule has 0 radical (unpaired) electrons. The number of hydrogen-bond acceptors (Lipinski definition) is 5. The predicted octanol–water partition coefficient (Wildman–Crippen LogP) is 3.24. The number of ether oxygens (including phenoxy) is 1. The molecule has 1 N–H and O–H groups in total. The minimum Gasteiger partial charge on any atom is -0.469 e. The van der Waals surface area contributed by atoms with Crippen molar-refractivity contribution in [1.82, 2.24) is 4.98 Å². The third kappa shape index (κ3) is 3.69. The first kappa shape index (κ1) is 14.3. The molecule has 19 heavy (non-hydrogen) atoms. The molecule has 1 aromatic heterocycles. The number of carbonyl (C=O) groups is 1. The van der Waals surface area contributed by atoms with Crippen LogP contribution in [0.4, 0.5) is 5.13 Å². The molecule has 0 aromatic carbocycles. The van der Waals surface area contributed by atoms with Gasteiger partial charge < -0.3 is 10.1 Å². The maximum atomic E-state index is 11.2. The van der Waals surface area contributed by atoms with Crippen molar-refractivity contribution in [3.63, 3.8) is 0 Å². The van der Waals surface area contributed by atoms with E-state index in [9.17, 15) is 4.79 Å². The maximum absolute atomic E-state index is 11.2. The van der Waals surface area contributed by atoms with E-state index in [2.05, 4.69) is 28.9 Å². The molecule has 1 aromatic rings. The zero-order valence-electron chi connectivity index (χ0n) is 11.9. The Morgan fingerprint density at radius 2 is 2.37 bits per heavy atom. The summed E-state index contributed by atoms with van der Waals surface area (Å²) in [6.45, 7) is 4.62. The Labute approximate surface area is 118 Å². The average Bonchev–Trinajstić information content (AvgIpc) is 2.79. The maximum Gasteiger partial charge on any atom is 0.311 e. The Balaban J connectivity index is 1.97. The number of hydrogen-bond donors (Lipinski definition) is 1. The number of anilines is 1. The summed E-state index contributed by atoms with van der Waals surface area (Å²) >= 11 is 1.57. The van der Waals surface area contributed by atoms with E-state index in [0.29, 0.717) is 11.5 Å². The molecule has 0 spiro atoms. The van der Waals surface area contributed by atoms with E-state index in [4.69, 9.17) is 0 Å². The monoisotopic (exact) mass is 282 g/mol. The molecule has 1 fully saturated rings. The van der Waals surface area contributed by atoms with Gasteiger partial charge in [0.1, 0.15) is 0 Å². The van der Waals surface area contributed by atoms with Crippen molar-refractivity contribution in [2.75, 3.05) is 12.4 Å². The molecule has 0 bridgehead atoms. The van der Waals surface area contributed by atoms with Crippen molar-refractivity contribution in [3.05, 3.63) is 11.1 Å². The third-order valence-electron chi connectivity index (χ3n) is 3.91. The molecule has 1 aliphatic rings. The van der Waals surface area contributed by atoms with Gasteiger partial charge in [0, 0.05) is 11.4 Å². The molecule has 1 unspecified atom stereocenters. The van der Waals surface area contributed by atoms with Crippen LogP contribution < -0.4 is 5.32 Å². The van der Waals surface area contributed by atoms with Gasteiger partial charge in [-0.05, 0) is 18.3 Å². The lowest BCUT2D eigenvalue weighted by Crippen LogP contribution is -2.38. The fourth-order valence-corrected chi connectivity index (χ4v) is 3.35. The number of nitrogens with one attached hydrogen (secondary N) is 1. The highest BCUT2D eigenvalue weighted by Crippen LogP contribution is 2.37. The van der Waals surface area contributed by atoms with Crippen LogP contribution in [0.15, 0.2) is 5.38 Å². The number of thiazole rings is 1. The van der Waals surface area contributed by atoms with Gasteiger partial charge in [-0.2, -0.15) is 0 Å². The van der Waals surface area contributed by atoms with Gasteiger partial charge in [-0.15, -0.1) is 11.3 Å². The largest absolute Gasteiger partial charge is 0.469 e. The Morgan fingerprint density at radius 3 is 3.05 bits per heavy atom. The Morgan fingerprint density at radius 1 is 1.58 bits per heavy atom. The second kappa shape index (κ2) is 5.90. The van der Waals surface area contributed by atoms with Crippen LogP contribution in [0.1, 0.15) is 45.2 Å². The van der Waals surface area contributed by atoms with E-state index < -0.39 is 0 Å². The van der Waals surface area contributed by atoms with Gasteiger partial charge in [0.25, 0.3) is 0 Å². The highest BCUT2D eigenvalue weighted by molar-refractivity contribution is 7.13. The summed E-state index contributed by atoms with van der Waals surface area (Å²) in [5.74, 6) is -0.241. The molecule has 1 saturated carbocycles. The first-order valence-electron chi connectivity index (χ1n) is 6.79. The molecule has 1 heterocycles. The second-order valence-corrected chi connectivity index (χ2v) is 6.69. The smallest absolute Gasteiger partial charge is 0.311 e. The minimum atomic E-state index is -0.241. The van der Waals surface area contributed by atoms with Crippen molar-refractivity contribution in [3.8, 4) is 0 Å². The molecule has 1 atom stereocenters. The summed E-state index contributed by atoms with van der Waals surface area (Å²) in [6, 6.07) is 0.471. The van der Waals surface area contributed by atoms with Gasteiger partial charge in [-0.3, -0.25) is 4.79 Å². The molecular formula is C14H22N2O2S. The fourth-order valence-electron chi connectivity index (χ4n) is 2.59. The molecule has 1 aliphatic carbocycles. The standard InChI is InChI=1S/C14H22N2O2S/c1-14(2)7-5-4-6-11(14)16-13-15-10(9-19-13)8-12(17)18-3/h9,11H,4-8H2,1-3H3,(H,15,16). The van der Waals surface area contributed by atoms with E-state index in [1.807, 2.05) is 5.38 Å². The van der Waals surface area contributed by atoms with Crippen LogP contribution in [0.5, 0.6) is 0 Å². The topological polar surface area (TPSA) is 51.2 Å². The molecule has 5 heteroatoms. The van der Waals surface area contributed by atoms with Crippen LogP contribution in [-0.2, 0) is 16.0 Å². The van der Waals surface area contributed by atoms with Crippen LogP contribution in [0, 0.1) is 5.41 Å². The lowest BCUT2D eigenvalue weighted by atomic mass is 9.73. The van der Waals surface area contributed by atoms with E-state index in [0.717, 1.165) is 10.8 Å². The van der Waals surface area contributed by atoms with Crippen LogP contribution in [0.3, 0.4) is 0 Å². The van der Waals surface area contributed by atoms with E-state index in [-0.39, 0.29) is 12.4 Å².